The van der Waals surface area contributed by atoms with Crippen LogP contribution in [0.3, 0.4) is 0 Å². The van der Waals surface area contributed by atoms with Crippen LogP contribution in [0.1, 0.15) is 43.0 Å². The normalized spacial score (nSPS) is 11.6. The van der Waals surface area contributed by atoms with Gasteiger partial charge >= 0.3 is 12.0 Å². The molecular formula is C24H26Cl2N4O5. The van der Waals surface area contributed by atoms with Crippen molar-refractivity contribution in [3.05, 3.63) is 58.1 Å². The second-order valence-corrected chi connectivity index (χ2v) is 8.61. The average molecular weight is 521 g/mol. The fraction of sp³-hybridized carbons (Fsp3) is 0.333. The topological polar surface area (TPSA) is 127 Å². The van der Waals surface area contributed by atoms with Crippen LogP contribution in [-0.2, 0) is 4.79 Å². The standard InChI is InChI=1S/C24H26Cl2N4O5/c1-2-3-4-18(28-17-8-5-15(6-9-17)22(33)27-12-11-21(31)32)14-34-24-30-29-23(35-24)19-10-7-16(25)13-20(19)26/h5-10,13,18,28H,2-4,11-12,14H2,1H3,(H,27,33)(H,31,32). The van der Waals surface area contributed by atoms with Crippen molar-refractivity contribution in [1.29, 1.82) is 0 Å². The molecule has 0 fully saturated rings. The highest BCUT2D eigenvalue weighted by atomic mass is 35.5. The van der Waals surface area contributed by atoms with E-state index in [2.05, 4.69) is 27.8 Å². The van der Waals surface area contributed by atoms with Crippen molar-refractivity contribution in [2.24, 2.45) is 0 Å². The maximum absolute atomic E-state index is 12.1. The molecule has 3 N–H and O–H groups in total. The summed E-state index contributed by atoms with van der Waals surface area (Å²) < 4.78 is 11.3. The van der Waals surface area contributed by atoms with E-state index in [1.807, 2.05) is 0 Å². The van der Waals surface area contributed by atoms with Crippen molar-refractivity contribution >= 4 is 40.8 Å². The Morgan fingerprint density at radius 3 is 2.60 bits per heavy atom. The van der Waals surface area contributed by atoms with Gasteiger partial charge in [-0.1, -0.05) is 48.1 Å². The number of anilines is 1. The smallest absolute Gasteiger partial charge is 0.414 e. The van der Waals surface area contributed by atoms with Gasteiger partial charge in [0.25, 0.3) is 11.8 Å². The summed E-state index contributed by atoms with van der Waals surface area (Å²) in [5.74, 6) is -1.05. The molecular weight excluding hydrogens is 495 g/mol. The number of rotatable bonds is 13. The highest BCUT2D eigenvalue weighted by molar-refractivity contribution is 6.36. The number of ether oxygens (including phenoxy) is 1. The largest absolute Gasteiger partial charge is 0.481 e. The molecule has 1 amide bonds. The summed E-state index contributed by atoms with van der Waals surface area (Å²) in [5, 5.41) is 23.5. The SMILES string of the molecule is CCCCC(COc1nnc(-c2ccc(Cl)cc2Cl)o1)Nc1ccc(C(=O)NCCC(=O)O)cc1. The zero-order chi connectivity index (χ0) is 25.2. The molecule has 0 spiro atoms. The van der Waals surface area contributed by atoms with Crippen LogP contribution in [0, 0.1) is 0 Å². The fourth-order valence-corrected chi connectivity index (χ4v) is 3.69. The lowest BCUT2D eigenvalue weighted by Gasteiger charge is -2.19. The Hall–Kier alpha value is -3.30. The first-order valence-corrected chi connectivity index (χ1v) is 11.9. The van der Waals surface area contributed by atoms with Crippen LogP contribution in [-0.4, -0.2) is 46.4 Å². The summed E-state index contributed by atoms with van der Waals surface area (Å²) in [7, 11) is 0. The number of nitrogens with zero attached hydrogens (tertiary/aromatic N) is 2. The number of hydrogen-bond acceptors (Lipinski definition) is 7. The van der Waals surface area contributed by atoms with Crippen LogP contribution in [0.2, 0.25) is 10.0 Å². The predicted molar refractivity (Wildman–Crippen MR) is 133 cm³/mol. The number of unbranched alkanes of at least 4 members (excludes halogenated alkanes) is 1. The molecule has 0 saturated carbocycles. The van der Waals surface area contributed by atoms with Gasteiger partial charge in [-0.05, 0) is 48.9 Å². The molecule has 0 aliphatic carbocycles. The maximum Gasteiger partial charge on any atom is 0.414 e. The monoisotopic (exact) mass is 520 g/mol. The first-order valence-electron chi connectivity index (χ1n) is 11.1. The Morgan fingerprint density at radius 2 is 1.91 bits per heavy atom. The Kier molecular flexibility index (Phi) is 9.75. The number of carboxylic acids is 1. The van der Waals surface area contributed by atoms with E-state index < -0.39 is 5.97 Å². The maximum atomic E-state index is 12.1. The minimum atomic E-state index is -0.962. The summed E-state index contributed by atoms with van der Waals surface area (Å²) >= 11 is 12.1. The molecule has 35 heavy (non-hydrogen) atoms. The molecule has 3 rings (SSSR count). The molecule has 0 radical (unpaired) electrons. The molecule has 0 aliphatic heterocycles. The Bertz CT molecular complexity index is 1140. The molecule has 1 aromatic heterocycles. The van der Waals surface area contributed by atoms with Gasteiger partial charge in [0, 0.05) is 22.8 Å². The summed E-state index contributed by atoms with van der Waals surface area (Å²) in [6, 6.07) is 11.9. The van der Waals surface area contributed by atoms with E-state index in [0.717, 1.165) is 24.9 Å². The lowest BCUT2D eigenvalue weighted by molar-refractivity contribution is -0.136. The number of amides is 1. The van der Waals surface area contributed by atoms with Gasteiger partial charge in [-0.25, -0.2) is 0 Å². The third-order valence-electron chi connectivity index (χ3n) is 5.02. The Labute approximate surface area is 212 Å². The van der Waals surface area contributed by atoms with E-state index in [1.165, 1.54) is 0 Å². The molecule has 0 aliphatic rings. The first-order chi connectivity index (χ1) is 16.9. The van der Waals surface area contributed by atoms with Crippen molar-refractivity contribution in [2.45, 2.75) is 38.6 Å². The zero-order valence-electron chi connectivity index (χ0n) is 19.1. The van der Waals surface area contributed by atoms with Crippen LogP contribution in [0.5, 0.6) is 6.08 Å². The fourth-order valence-electron chi connectivity index (χ4n) is 3.20. The number of aromatic nitrogens is 2. The van der Waals surface area contributed by atoms with Crippen LogP contribution in [0.15, 0.2) is 46.9 Å². The van der Waals surface area contributed by atoms with Crippen LogP contribution in [0.4, 0.5) is 5.69 Å². The molecule has 1 unspecified atom stereocenters. The number of carboxylic acid groups (broad SMARTS) is 1. The molecule has 1 heterocycles. The number of carbonyl (C=O) groups is 2. The van der Waals surface area contributed by atoms with E-state index in [0.29, 0.717) is 21.2 Å². The number of aliphatic carboxylic acids is 1. The molecule has 9 nitrogen and oxygen atoms in total. The second-order valence-electron chi connectivity index (χ2n) is 7.77. The second kappa shape index (κ2) is 13.0. The van der Waals surface area contributed by atoms with Crippen molar-refractivity contribution in [1.82, 2.24) is 15.5 Å². The van der Waals surface area contributed by atoms with Gasteiger partial charge in [0.15, 0.2) is 0 Å². The van der Waals surface area contributed by atoms with Gasteiger partial charge in [-0.2, -0.15) is 0 Å². The van der Waals surface area contributed by atoms with Gasteiger partial charge in [0.2, 0.25) is 0 Å². The molecule has 1 atom stereocenters. The van der Waals surface area contributed by atoms with Gasteiger partial charge in [0.1, 0.15) is 6.61 Å². The lowest BCUT2D eigenvalue weighted by atomic mass is 10.1. The van der Waals surface area contributed by atoms with E-state index in [-0.39, 0.29) is 43.5 Å². The molecule has 186 valence electrons. The quantitative estimate of drug-likeness (QED) is 0.277. The van der Waals surface area contributed by atoms with Crippen LogP contribution >= 0.6 is 23.2 Å². The third-order valence-corrected chi connectivity index (χ3v) is 5.57. The van der Waals surface area contributed by atoms with Crippen molar-refractivity contribution in [3.8, 4) is 17.5 Å². The average Bonchev–Trinajstić information content (AvgIpc) is 3.29. The summed E-state index contributed by atoms with van der Waals surface area (Å²) in [6.45, 7) is 2.47. The van der Waals surface area contributed by atoms with Crippen LogP contribution < -0.4 is 15.4 Å². The first kappa shape index (κ1) is 26.3. The Balaban J connectivity index is 1.58. The minimum Gasteiger partial charge on any atom is -0.481 e. The highest BCUT2D eigenvalue weighted by Gasteiger charge is 2.16. The number of nitrogens with one attached hydrogen (secondary N) is 2. The van der Waals surface area contributed by atoms with Gasteiger partial charge < -0.3 is 24.9 Å². The van der Waals surface area contributed by atoms with Crippen molar-refractivity contribution in [2.75, 3.05) is 18.5 Å². The number of halogens is 2. The number of hydrogen-bond donors (Lipinski definition) is 3. The summed E-state index contributed by atoms with van der Waals surface area (Å²) in [6.07, 6.45) is 2.76. The molecule has 11 heteroatoms. The van der Waals surface area contributed by atoms with Crippen molar-refractivity contribution < 1.29 is 23.8 Å². The van der Waals surface area contributed by atoms with Gasteiger partial charge in [0.05, 0.1) is 23.0 Å². The highest BCUT2D eigenvalue weighted by Crippen LogP contribution is 2.30. The Morgan fingerprint density at radius 1 is 1.14 bits per heavy atom. The molecule has 2 aromatic carbocycles. The number of benzene rings is 2. The van der Waals surface area contributed by atoms with Gasteiger partial charge in [-0.3, -0.25) is 9.59 Å². The zero-order valence-corrected chi connectivity index (χ0v) is 20.6. The number of carbonyl (C=O) groups excluding carboxylic acids is 1. The minimum absolute atomic E-state index is 0.0303. The van der Waals surface area contributed by atoms with E-state index in [1.54, 1.807) is 42.5 Å². The molecule has 3 aromatic rings. The van der Waals surface area contributed by atoms with E-state index in [9.17, 15) is 9.59 Å². The third kappa shape index (κ3) is 8.15. The van der Waals surface area contributed by atoms with Crippen molar-refractivity contribution in [3.63, 3.8) is 0 Å². The molecule has 0 bridgehead atoms. The lowest BCUT2D eigenvalue weighted by Crippen LogP contribution is -2.27. The summed E-state index contributed by atoms with van der Waals surface area (Å²) in [5.41, 5.74) is 1.82. The van der Waals surface area contributed by atoms with Gasteiger partial charge in [-0.15, -0.1) is 5.10 Å². The van der Waals surface area contributed by atoms with Crippen LogP contribution in [0.25, 0.3) is 11.5 Å². The predicted octanol–water partition coefficient (Wildman–Crippen LogP) is 5.30. The summed E-state index contributed by atoms with van der Waals surface area (Å²) in [4.78, 5) is 22.7. The van der Waals surface area contributed by atoms with E-state index >= 15 is 0 Å². The molecule has 0 saturated heterocycles. The van der Waals surface area contributed by atoms with E-state index in [4.69, 9.17) is 37.5 Å².